The molecule has 76 valence electrons. The van der Waals surface area contributed by atoms with Crippen molar-refractivity contribution in [1.82, 2.24) is 0 Å². The van der Waals surface area contributed by atoms with Gasteiger partial charge in [-0.25, -0.2) is 0 Å². The molecule has 0 spiro atoms. The van der Waals surface area contributed by atoms with E-state index in [9.17, 15) is 4.79 Å². The molecule has 0 bridgehead atoms. The average molecular weight is 208 g/mol. The predicted octanol–water partition coefficient (Wildman–Crippen LogP) is 3.53. The third-order valence-electron chi connectivity index (χ3n) is 3.31. The van der Waals surface area contributed by atoms with Gasteiger partial charge in [0, 0.05) is 17.7 Å². The molecule has 1 fully saturated rings. The van der Waals surface area contributed by atoms with E-state index in [4.69, 9.17) is 0 Å². The van der Waals surface area contributed by atoms with Gasteiger partial charge in [-0.1, -0.05) is 6.92 Å². The van der Waals surface area contributed by atoms with Crippen LogP contribution in [0.5, 0.6) is 0 Å². The van der Waals surface area contributed by atoms with Crippen LogP contribution in [0.25, 0.3) is 0 Å². The molecule has 14 heavy (non-hydrogen) atoms. The number of hydrogen-bond donors (Lipinski definition) is 0. The van der Waals surface area contributed by atoms with Crippen LogP contribution in [0.3, 0.4) is 0 Å². The first kappa shape index (κ1) is 9.91. The van der Waals surface area contributed by atoms with Crippen molar-refractivity contribution >= 4 is 17.1 Å². The molecule has 2 unspecified atom stereocenters. The van der Waals surface area contributed by atoms with Crippen molar-refractivity contribution in [3.63, 3.8) is 0 Å². The number of ketones is 1. The third-order valence-corrected chi connectivity index (χ3v) is 4.17. The molecule has 1 nitrogen and oxygen atoms in total. The Morgan fingerprint density at radius 2 is 2.29 bits per heavy atom. The molecule has 0 amide bonds. The lowest BCUT2D eigenvalue weighted by molar-refractivity contribution is -0.121. The molecule has 1 aliphatic carbocycles. The summed E-state index contributed by atoms with van der Waals surface area (Å²) in [5.74, 6) is 1.60. The summed E-state index contributed by atoms with van der Waals surface area (Å²) >= 11 is 1.79. The van der Waals surface area contributed by atoms with Gasteiger partial charge in [-0.3, -0.25) is 4.79 Å². The van der Waals surface area contributed by atoms with Crippen LogP contribution in [0.4, 0.5) is 0 Å². The molecule has 1 saturated carbocycles. The van der Waals surface area contributed by atoms with Crippen molar-refractivity contribution in [1.29, 1.82) is 0 Å². The first-order chi connectivity index (χ1) is 6.68. The van der Waals surface area contributed by atoms with Gasteiger partial charge in [-0.2, -0.15) is 0 Å². The Hall–Kier alpha value is -0.630. The second kappa shape index (κ2) is 3.85. The van der Waals surface area contributed by atoms with Gasteiger partial charge in [-0.05, 0) is 42.2 Å². The van der Waals surface area contributed by atoms with Gasteiger partial charge in [-0.15, -0.1) is 11.3 Å². The Bertz CT molecular complexity index is 340. The predicted molar refractivity (Wildman–Crippen MR) is 59.8 cm³/mol. The summed E-state index contributed by atoms with van der Waals surface area (Å²) in [4.78, 5) is 12.8. The Kier molecular flexibility index (Phi) is 2.73. The number of rotatable bonds is 1. The highest BCUT2D eigenvalue weighted by atomic mass is 32.1. The zero-order chi connectivity index (χ0) is 10.1. The van der Waals surface area contributed by atoms with Crippen LogP contribution in [0, 0.1) is 12.8 Å². The maximum Gasteiger partial charge on any atom is 0.133 e. The minimum Gasteiger partial charge on any atom is -0.300 e. The lowest BCUT2D eigenvalue weighted by Gasteiger charge is -2.28. The van der Waals surface area contributed by atoms with Crippen molar-refractivity contribution in [2.24, 2.45) is 5.92 Å². The van der Waals surface area contributed by atoms with Gasteiger partial charge >= 0.3 is 0 Å². The summed E-state index contributed by atoms with van der Waals surface area (Å²) in [5.41, 5.74) is 1.41. The summed E-state index contributed by atoms with van der Waals surface area (Å²) < 4.78 is 0. The fraction of sp³-hybridized carbons (Fsp3) is 0.583. The number of carbonyl (C=O) groups is 1. The molecule has 1 aromatic rings. The molecule has 0 radical (unpaired) electrons. The van der Waals surface area contributed by atoms with Crippen LogP contribution in [0.1, 0.15) is 42.5 Å². The maximum absolute atomic E-state index is 11.4. The molecule has 0 N–H and O–H groups in total. The second-order valence-electron chi connectivity index (χ2n) is 4.30. The standard InChI is InChI=1S/C12H16OS/c1-8-3-4-10(13)7-12(8)11-5-6-14-9(11)2/h5-6,8,12H,3-4,7H2,1-2H3. The fourth-order valence-electron chi connectivity index (χ4n) is 2.33. The van der Waals surface area contributed by atoms with Gasteiger partial charge in [0.25, 0.3) is 0 Å². The number of carbonyl (C=O) groups excluding carboxylic acids is 1. The van der Waals surface area contributed by atoms with E-state index in [2.05, 4.69) is 25.3 Å². The highest BCUT2D eigenvalue weighted by molar-refractivity contribution is 7.10. The largest absolute Gasteiger partial charge is 0.300 e. The number of thiophene rings is 1. The number of Topliss-reactive ketones (excluding diaryl/α,β-unsaturated/α-hetero) is 1. The molecular formula is C12H16OS. The Balaban J connectivity index is 2.24. The van der Waals surface area contributed by atoms with Crippen molar-refractivity contribution in [3.8, 4) is 0 Å². The molecule has 0 aromatic carbocycles. The molecule has 1 aliphatic rings. The number of hydrogen-bond acceptors (Lipinski definition) is 2. The topological polar surface area (TPSA) is 17.1 Å². The third kappa shape index (κ3) is 1.76. The molecule has 0 saturated heterocycles. The van der Waals surface area contributed by atoms with E-state index < -0.39 is 0 Å². The molecule has 1 heterocycles. The van der Waals surface area contributed by atoms with Crippen molar-refractivity contribution < 1.29 is 4.79 Å². The van der Waals surface area contributed by atoms with Crippen LogP contribution in [0.15, 0.2) is 11.4 Å². The lowest BCUT2D eigenvalue weighted by atomic mass is 9.76. The summed E-state index contributed by atoms with van der Waals surface area (Å²) in [6.45, 7) is 4.43. The van der Waals surface area contributed by atoms with Crippen LogP contribution in [-0.2, 0) is 4.79 Å². The van der Waals surface area contributed by atoms with E-state index in [0.717, 1.165) is 19.3 Å². The Labute approximate surface area is 89.1 Å². The summed E-state index contributed by atoms with van der Waals surface area (Å²) in [6, 6.07) is 2.19. The van der Waals surface area contributed by atoms with E-state index in [-0.39, 0.29) is 0 Å². The first-order valence-corrected chi connectivity index (χ1v) is 6.12. The van der Waals surface area contributed by atoms with Gasteiger partial charge < -0.3 is 0 Å². The van der Waals surface area contributed by atoms with Crippen LogP contribution in [-0.4, -0.2) is 5.78 Å². The molecule has 2 atom stereocenters. The van der Waals surface area contributed by atoms with Crippen molar-refractivity contribution in [2.45, 2.75) is 39.0 Å². The van der Waals surface area contributed by atoms with Gasteiger partial charge in [0.2, 0.25) is 0 Å². The van der Waals surface area contributed by atoms with Crippen LogP contribution in [0.2, 0.25) is 0 Å². The van der Waals surface area contributed by atoms with Crippen LogP contribution < -0.4 is 0 Å². The molecule has 2 rings (SSSR count). The van der Waals surface area contributed by atoms with E-state index in [0.29, 0.717) is 17.6 Å². The van der Waals surface area contributed by atoms with Crippen LogP contribution >= 0.6 is 11.3 Å². The van der Waals surface area contributed by atoms with Gasteiger partial charge in [0.15, 0.2) is 0 Å². The highest BCUT2D eigenvalue weighted by Crippen LogP contribution is 2.38. The zero-order valence-electron chi connectivity index (χ0n) is 8.75. The average Bonchev–Trinajstić information content (AvgIpc) is 2.56. The fourth-order valence-corrected chi connectivity index (χ4v) is 3.11. The monoisotopic (exact) mass is 208 g/mol. The minimum absolute atomic E-state index is 0.443. The normalized spacial score (nSPS) is 28.0. The quantitative estimate of drug-likeness (QED) is 0.690. The summed E-state index contributed by atoms with van der Waals surface area (Å²) in [6.07, 6.45) is 2.62. The van der Waals surface area contributed by atoms with E-state index in [1.54, 1.807) is 11.3 Å². The second-order valence-corrected chi connectivity index (χ2v) is 5.42. The molecular weight excluding hydrogens is 192 g/mol. The van der Waals surface area contributed by atoms with Gasteiger partial charge in [0.05, 0.1) is 0 Å². The summed E-state index contributed by atoms with van der Waals surface area (Å²) in [7, 11) is 0. The molecule has 0 aliphatic heterocycles. The zero-order valence-corrected chi connectivity index (χ0v) is 9.56. The number of aryl methyl sites for hydroxylation is 1. The van der Waals surface area contributed by atoms with Crippen molar-refractivity contribution in [2.75, 3.05) is 0 Å². The molecule has 2 heteroatoms. The van der Waals surface area contributed by atoms with Crippen molar-refractivity contribution in [3.05, 3.63) is 21.9 Å². The Morgan fingerprint density at radius 3 is 2.93 bits per heavy atom. The summed E-state index contributed by atoms with van der Waals surface area (Å²) in [5, 5.41) is 2.14. The van der Waals surface area contributed by atoms with Gasteiger partial charge in [0.1, 0.15) is 5.78 Å². The first-order valence-electron chi connectivity index (χ1n) is 5.24. The SMILES string of the molecule is Cc1sccc1C1CC(=O)CCC1C. The molecule has 1 aromatic heterocycles. The highest BCUT2D eigenvalue weighted by Gasteiger charge is 2.28. The van der Waals surface area contributed by atoms with E-state index in [1.165, 1.54) is 10.4 Å². The van der Waals surface area contributed by atoms with E-state index >= 15 is 0 Å². The smallest absolute Gasteiger partial charge is 0.133 e. The maximum atomic E-state index is 11.4. The Morgan fingerprint density at radius 1 is 1.50 bits per heavy atom. The lowest BCUT2D eigenvalue weighted by Crippen LogP contribution is -2.21. The van der Waals surface area contributed by atoms with E-state index in [1.807, 2.05) is 0 Å². The minimum atomic E-state index is 0.443.